The van der Waals surface area contributed by atoms with Crippen LogP contribution in [0.25, 0.3) is 11.5 Å². The summed E-state index contributed by atoms with van der Waals surface area (Å²) in [6, 6.07) is 10.5. The molecule has 0 radical (unpaired) electrons. The van der Waals surface area contributed by atoms with E-state index >= 15 is 0 Å². The average Bonchev–Trinajstić information content (AvgIpc) is 3.21. The lowest BCUT2D eigenvalue weighted by molar-refractivity contribution is -0.384. The summed E-state index contributed by atoms with van der Waals surface area (Å²) in [5, 5.41) is 11.4. The van der Waals surface area contributed by atoms with Crippen LogP contribution in [0.5, 0.6) is 0 Å². The molecule has 0 aliphatic carbocycles. The highest BCUT2D eigenvalue weighted by atomic mass is 35.5. The fraction of sp³-hybridized carbons (Fsp3) is 0.0556. The molecule has 1 aliphatic heterocycles. The van der Waals surface area contributed by atoms with E-state index in [1.807, 2.05) is 0 Å². The van der Waals surface area contributed by atoms with Gasteiger partial charge in [-0.25, -0.2) is 4.98 Å². The molecule has 0 fully saturated rings. The van der Waals surface area contributed by atoms with Crippen molar-refractivity contribution < 1.29 is 18.9 Å². The SMILES string of the molecule is O=C1c2ccc([N+](=O)[O-])cc2C(=O)N1Cc1coc(-c2cccc(Cl)c2)n1. The van der Waals surface area contributed by atoms with Crippen molar-refractivity contribution in [2.24, 2.45) is 0 Å². The summed E-state index contributed by atoms with van der Waals surface area (Å²) in [7, 11) is 0. The van der Waals surface area contributed by atoms with Crippen LogP contribution in [0.1, 0.15) is 26.4 Å². The molecule has 1 aromatic heterocycles. The number of non-ortho nitro benzene ring substituents is 1. The lowest BCUT2D eigenvalue weighted by atomic mass is 10.1. The Morgan fingerprint density at radius 2 is 1.89 bits per heavy atom. The van der Waals surface area contributed by atoms with Gasteiger partial charge in [0.25, 0.3) is 17.5 Å². The Kier molecular flexibility index (Phi) is 3.97. The van der Waals surface area contributed by atoms with Gasteiger partial charge in [-0.1, -0.05) is 17.7 Å². The molecule has 2 aromatic carbocycles. The number of rotatable bonds is 4. The number of fused-ring (bicyclic) bond motifs is 1. The first-order chi connectivity index (χ1) is 12.9. The minimum Gasteiger partial charge on any atom is -0.444 e. The highest BCUT2D eigenvalue weighted by molar-refractivity contribution is 6.30. The van der Waals surface area contributed by atoms with Crippen molar-refractivity contribution in [1.29, 1.82) is 0 Å². The summed E-state index contributed by atoms with van der Waals surface area (Å²) >= 11 is 5.95. The Labute approximate surface area is 157 Å². The number of benzene rings is 2. The molecular formula is C18H10ClN3O5. The van der Waals surface area contributed by atoms with Crippen LogP contribution in [-0.4, -0.2) is 26.6 Å². The zero-order valence-corrected chi connectivity index (χ0v) is 14.3. The average molecular weight is 384 g/mol. The number of amides is 2. The van der Waals surface area contributed by atoms with E-state index in [4.69, 9.17) is 16.0 Å². The molecule has 0 N–H and O–H groups in total. The number of carbonyl (C=O) groups is 2. The molecule has 134 valence electrons. The molecule has 0 unspecified atom stereocenters. The van der Waals surface area contributed by atoms with E-state index in [2.05, 4.69) is 4.98 Å². The van der Waals surface area contributed by atoms with E-state index in [0.29, 0.717) is 22.2 Å². The Bertz CT molecular complexity index is 1110. The summed E-state index contributed by atoms with van der Waals surface area (Å²) in [5.41, 5.74) is 0.916. The number of carbonyl (C=O) groups excluding carboxylic acids is 2. The molecule has 0 saturated heterocycles. The van der Waals surface area contributed by atoms with Crippen molar-refractivity contribution in [3.8, 4) is 11.5 Å². The van der Waals surface area contributed by atoms with Crippen LogP contribution in [0.3, 0.4) is 0 Å². The summed E-state index contributed by atoms with van der Waals surface area (Å²) < 4.78 is 5.41. The van der Waals surface area contributed by atoms with Crippen molar-refractivity contribution in [3.05, 3.63) is 80.7 Å². The first kappa shape index (κ1) is 16.9. The smallest absolute Gasteiger partial charge is 0.270 e. The molecule has 27 heavy (non-hydrogen) atoms. The van der Waals surface area contributed by atoms with Crippen LogP contribution < -0.4 is 0 Å². The Balaban J connectivity index is 1.60. The van der Waals surface area contributed by atoms with Gasteiger partial charge in [0, 0.05) is 22.7 Å². The van der Waals surface area contributed by atoms with E-state index in [-0.39, 0.29) is 23.4 Å². The number of nitro benzene ring substituents is 1. The van der Waals surface area contributed by atoms with Gasteiger partial charge in [-0.2, -0.15) is 0 Å². The first-order valence-corrected chi connectivity index (χ1v) is 8.17. The number of nitro groups is 1. The summed E-state index contributed by atoms with van der Waals surface area (Å²) in [4.78, 5) is 40.5. The molecule has 8 nitrogen and oxygen atoms in total. The lowest BCUT2D eigenvalue weighted by Gasteiger charge is -2.11. The maximum absolute atomic E-state index is 12.5. The van der Waals surface area contributed by atoms with Crippen molar-refractivity contribution >= 4 is 29.1 Å². The minimum absolute atomic E-state index is 0.00718. The number of hydrogen-bond donors (Lipinski definition) is 0. The molecule has 0 bridgehead atoms. The molecule has 3 aromatic rings. The van der Waals surface area contributed by atoms with Gasteiger partial charge in [0.2, 0.25) is 5.89 Å². The van der Waals surface area contributed by atoms with Gasteiger partial charge in [-0.15, -0.1) is 0 Å². The number of imide groups is 1. The number of nitrogens with zero attached hydrogens (tertiary/aromatic N) is 3. The van der Waals surface area contributed by atoms with Gasteiger partial charge in [-0.05, 0) is 24.3 Å². The van der Waals surface area contributed by atoms with E-state index < -0.39 is 16.7 Å². The molecular weight excluding hydrogens is 374 g/mol. The van der Waals surface area contributed by atoms with E-state index in [9.17, 15) is 19.7 Å². The molecule has 0 spiro atoms. The summed E-state index contributed by atoms with van der Waals surface area (Å²) in [6.07, 6.45) is 1.35. The molecule has 0 saturated carbocycles. The normalized spacial score (nSPS) is 13.1. The third-order valence-electron chi connectivity index (χ3n) is 4.11. The van der Waals surface area contributed by atoms with Gasteiger partial charge in [0.05, 0.1) is 28.3 Å². The quantitative estimate of drug-likeness (QED) is 0.386. The molecule has 2 amide bonds. The monoisotopic (exact) mass is 383 g/mol. The molecule has 2 heterocycles. The van der Waals surface area contributed by atoms with Gasteiger partial charge < -0.3 is 4.42 Å². The zero-order valence-electron chi connectivity index (χ0n) is 13.6. The highest BCUT2D eigenvalue weighted by Gasteiger charge is 2.37. The van der Waals surface area contributed by atoms with Crippen LogP contribution in [-0.2, 0) is 6.54 Å². The Hall–Kier alpha value is -3.52. The summed E-state index contributed by atoms with van der Waals surface area (Å²) in [5.74, 6) is -0.831. The topological polar surface area (TPSA) is 107 Å². The lowest BCUT2D eigenvalue weighted by Crippen LogP contribution is -2.29. The van der Waals surface area contributed by atoms with E-state index in [1.165, 1.54) is 18.4 Å². The van der Waals surface area contributed by atoms with Crippen LogP contribution >= 0.6 is 11.6 Å². The third kappa shape index (κ3) is 2.96. The Morgan fingerprint density at radius 3 is 2.63 bits per heavy atom. The van der Waals surface area contributed by atoms with Crippen LogP contribution in [0.15, 0.2) is 53.1 Å². The highest BCUT2D eigenvalue weighted by Crippen LogP contribution is 2.29. The van der Waals surface area contributed by atoms with Gasteiger partial charge in [-0.3, -0.25) is 24.6 Å². The number of aromatic nitrogens is 1. The predicted molar refractivity (Wildman–Crippen MR) is 94.2 cm³/mol. The van der Waals surface area contributed by atoms with Crippen molar-refractivity contribution in [3.63, 3.8) is 0 Å². The van der Waals surface area contributed by atoms with Crippen molar-refractivity contribution in [1.82, 2.24) is 9.88 Å². The van der Waals surface area contributed by atoms with Crippen molar-refractivity contribution in [2.45, 2.75) is 6.54 Å². The fourth-order valence-corrected chi connectivity index (χ4v) is 3.02. The standard InChI is InChI=1S/C18H10ClN3O5/c19-11-3-1-2-10(6-11)16-20-12(9-27-16)8-21-17(23)14-5-4-13(22(25)26)7-15(14)18(21)24/h1-7,9H,8H2. The minimum atomic E-state index is -0.615. The van der Waals surface area contributed by atoms with Crippen LogP contribution in [0, 0.1) is 10.1 Å². The molecule has 0 atom stereocenters. The second-order valence-corrected chi connectivity index (χ2v) is 6.27. The third-order valence-corrected chi connectivity index (χ3v) is 4.34. The largest absolute Gasteiger partial charge is 0.444 e. The zero-order chi connectivity index (χ0) is 19.1. The number of hydrogen-bond acceptors (Lipinski definition) is 6. The molecule has 1 aliphatic rings. The van der Waals surface area contributed by atoms with E-state index in [1.54, 1.807) is 24.3 Å². The molecule has 9 heteroatoms. The van der Waals surface area contributed by atoms with Gasteiger partial charge in [0.15, 0.2) is 0 Å². The predicted octanol–water partition coefficient (Wildman–Crippen LogP) is 3.70. The fourth-order valence-electron chi connectivity index (χ4n) is 2.83. The second-order valence-electron chi connectivity index (χ2n) is 5.84. The molecule has 4 rings (SSSR count). The summed E-state index contributed by atoms with van der Waals surface area (Å²) in [6.45, 7) is -0.107. The van der Waals surface area contributed by atoms with Gasteiger partial charge in [0.1, 0.15) is 6.26 Å². The van der Waals surface area contributed by atoms with Gasteiger partial charge >= 0.3 is 0 Å². The Morgan fingerprint density at radius 1 is 1.11 bits per heavy atom. The van der Waals surface area contributed by atoms with E-state index in [0.717, 1.165) is 11.0 Å². The first-order valence-electron chi connectivity index (χ1n) is 7.79. The maximum Gasteiger partial charge on any atom is 0.270 e. The van der Waals surface area contributed by atoms with Crippen LogP contribution in [0.2, 0.25) is 5.02 Å². The maximum atomic E-state index is 12.5. The van der Waals surface area contributed by atoms with Crippen molar-refractivity contribution in [2.75, 3.05) is 0 Å². The number of halogens is 1. The second kappa shape index (κ2) is 6.33. The van der Waals surface area contributed by atoms with Crippen LogP contribution in [0.4, 0.5) is 5.69 Å². The number of oxazole rings is 1.